The van der Waals surface area contributed by atoms with Gasteiger partial charge in [0.1, 0.15) is 0 Å². The van der Waals surface area contributed by atoms with Gasteiger partial charge in [0.2, 0.25) is 0 Å². The van der Waals surface area contributed by atoms with Crippen LogP contribution in [0.25, 0.3) is 0 Å². The minimum Gasteiger partial charge on any atom is -0.377 e. The van der Waals surface area contributed by atoms with E-state index in [0.29, 0.717) is 6.10 Å². The van der Waals surface area contributed by atoms with E-state index in [1.807, 2.05) is 0 Å². The molecule has 0 aromatic heterocycles. The Morgan fingerprint density at radius 2 is 1.72 bits per heavy atom. The molecule has 2 fully saturated rings. The van der Waals surface area contributed by atoms with Gasteiger partial charge in [-0.3, -0.25) is 0 Å². The van der Waals surface area contributed by atoms with Crippen LogP contribution in [0.15, 0.2) is 0 Å². The highest BCUT2D eigenvalue weighted by Crippen LogP contribution is 2.19. The molecule has 18 heavy (non-hydrogen) atoms. The lowest BCUT2D eigenvalue weighted by Gasteiger charge is -2.22. The first-order valence-corrected chi connectivity index (χ1v) is 8.00. The van der Waals surface area contributed by atoms with Crippen LogP contribution in [0.2, 0.25) is 0 Å². The molecule has 1 saturated heterocycles. The maximum absolute atomic E-state index is 5.89. The lowest BCUT2D eigenvalue weighted by atomic mass is 9.98. The molecule has 0 unspecified atom stereocenters. The molecule has 3 heteroatoms. The molecular formula is C15H30N2O. The Kier molecular flexibility index (Phi) is 7.06. The molecule has 1 aliphatic carbocycles. The van der Waals surface area contributed by atoms with E-state index < -0.39 is 0 Å². The van der Waals surface area contributed by atoms with Gasteiger partial charge in [-0.1, -0.05) is 19.3 Å². The Hall–Kier alpha value is -0.120. The third kappa shape index (κ3) is 5.68. The number of nitrogens with one attached hydrogen (secondary N) is 1. The lowest BCUT2D eigenvalue weighted by Crippen LogP contribution is -2.28. The van der Waals surface area contributed by atoms with Crippen LogP contribution < -0.4 is 5.32 Å². The molecule has 1 heterocycles. The van der Waals surface area contributed by atoms with Crippen molar-refractivity contribution in [2.24, 2.45) is 0 Å². The summed E-state index contributed by atoms with van der Waals surface area (Å²) in [5.74, 6) is 0. The van der Waals surface area contributed by atoms with Crippen molar-refractivity contribution in [2.45, 2.75) is 57.5 Å². The molecule has 1 saturated carbocycles. The summed E-state index contributed by atoms with van der Waals surface area (Å²) in [6, 6.07) is 0. The second kappa shape index (κ2) is 8.89. The van der Waals surface area contributed by atoms with Crippen molar-refractivity contribution < 1.29 is 4.74 Å². The third-order valence-electron chi connectivity index (χ3n) is 4.21. The molecule has 1 N–H and O–H groups in total. The van der Waals surface area contributed by atoms with Crippen molar-refractivity contribution in [3.63, 3.8) is 0 Å². The first kappa shape index (κ1) is 14.3. The SMILES string of the molecule is C1CCC(OCCNCCCN2CCCC2)CC1. The van der Waals surface area contributed by atoms with Crippen LogP contribution in [0, 0.1) is 0 Å². The largest absolute Gasteiger partial charge is 0.377 e. The summed E-state index contributed by atoms with van der Waals surface area (Å²) in [4.78, 5) is 2.58. The highest BCUT2D eigenvalue weighted by molar-refractivity contribution is 4.67. The Morgan fingerprint density at radius 1 is 0.944 bits per heavy atom. The molecule has 2 aliphatic rings. The van der Waals surface area contributed by atoms with Crippen LogP contribution in [0.3, 0.4) is 0 Å². The molecule has 1 aliphatic heterocycles. The normalized spacial score (nSPS) is 22.7. The van der Waals surface area contributed by atoms with Crippen LogP contribution in [0.4, 0.5) is 0 Å². The quantitative estimate of drug-likeness (QED) is 0.673. The number of rotatable bonds is 8. The minimum atomic E-state index is 0.560. The lowest BCUT2D eigenvalue weighted by molar-refractivity contribution is 0.0303. The van der Waals surface area contributed by atoms with E-state index in [4.69, 9.17) is 4.74 Å². The van der Waals surface area contributed by atoms with E-state index in [1.54, 1.807) is 0 Å². The van der Waals surface area contributed by atoms with Gasteiger partial charge in [0.05, 0.1) is 12.7 Å². The highest BCUT2D eigenvalue weighted by atomic mass is 16.5. The van der Waals surface area contributed by atoms with Gasteiger partial charge in [0.15, 0.2) is 0 Å². The zero-order chi connectivity index (χ0) is 12.5. The Labute approximate surface area is 112 Å². The molecule has 0 spiro atoms. The van der Waals surface area contributed by atoms with Crippen LogP contribution in [0.5, 0.6) is 0 Å². The molecular weight excluding hydrogens is 224 g/mol. The van der Waals surface area contributed by atoms with E-state index in [9.17, 15) is 0 Å². The van der Waals surface area contributed by atoms with Crippen molar-refractivity contribution in [1.82, 2.24) is 10.2 Å². The van der Waals surface area contributed by atoms with Gasteiger partial charge in [-0.05, 0) is 58.3 Å². The van der Waals surface area contributed by atoms with Gasteiger partial charge in [-0.25, -0.2) is 0 Å². The Balaban J connectivity index is 1.35. The predicted octanol–water partition coefficient (Wildman–Crippen LogP) is 2.41. The van der Waals surface area contributed by atoms with E-state index in [-0.39, 0.29) is 0 Å². The zero-order valence-corrected chi connectivity index (χ0v) is 11.8. The van der Waals surface area contributed by atoms with E-state index in [1.165, 1.54) is 71.0 Å². The molecule has 0 aromatic carbocycles. The molecule has 0 amide bonds. The maximum atomic E-state index is 5.89. The van der Waals surface area contributed by atoms with Gasteiger partial charge in [0.25, 0.3) is 0 Å². The van der Waals surface area contributed by atoms with Gasteiger partial charge >= 0.3 is 0 Å². The highest BCUT2D eigenvalue weighted by Gasteiger charge is 2.13. The number of hydrogen-bond donors (Lipinski definition) is 1. The average molecular weight is 254 g/mol. The molecule has 0 atom stereocenters. The standard InChI is InChI=1S/C15H30N2O/c1-2-7-15(8-3-1)18-14-10-16-9-6-13-17-11-4-5-12-17/h15-16H,1-14H2. The van der Waals surface area contributed by atoms with E-state index in [2.05, 4.69) is 10.2 Å². The summed E-state index contributed by atoms with van der Waals surface area (Å²) >= 11 is 0. The third-order valence-corrected chi connectivity index (χ3v) is 4.21. The zero-order valence-electron chi connectivity index (χ0n) is 11.8. The fourth-order valence-corrected chi connectivity index (χ4v) is 3.09. The fourth-order valence-electron chi connectivity index (χ4n) is 3.09. The van der Waals surface area contributed by atoms with Gasteiger partial charge in [-0.15, -0.1) is 0 Å². The first-order valence-electron chi connectivity index (χ1n) is 8.00. The molecule has 2 rings (SSSR count). The monoisotopic (exact) mass is 254 g/mol. The molecule has 0 bridgehead atoms. The Morgan fingerprint density at radius 3 is 2.50 bits per heavy atom. The Bertz CT molecular complexity index is 199. The van der Waals surface area contributed by atoms with Gasteiger partial charge in [0, 0.05) is 6.54 Å². The van der Waals surface area contributed by atoms with Crippen molar-refractivity contribution >= 4 is 0 Å². The second-order valence-electron chi connectivity index (χ2n) is 5.78. The van der Waals surface area contributed by atoms with Crippen LogP contribution in [-0.2, 0) is 4.74 Å². The van der Waals surface area contributed by atoms with Crippen molar-refractivity contribution in [3.8, 4) is 0 Å². The summed E-state index contributed by atoms with van der Waals surface area (Å²) in [5, 5.41) is 3.50. The van der Waals surface area contributed by atoms with Crippen LogP contribution in [0.1, 0.15) is 51.4 Å². The number of likely N-dealkylation sites (tertiary alicyclic amines) is 1. The summed E-state index contributed by atoms with van der Waals surface area (Å²) in [7, 11) is 0. The molecule has 0 radical (unpaired) electrons. The van der Waals surface area contributed by atoms with Crippen LogP contribution >= 0.6 is 0 Å². The second-order valence-corrected chi connectivity index (χ2v) is 5.78. The van der Waals surface area contributed by atoms with Crippen molar-refractivity contribution in [2.75, 3.05) is 39.3 Å². The number of ether oxygens (including phenoxy) is 1. The first-order chi connectivity index (χ1) is 8.95. The van der Waals surface area contributed by atoms with E-state index in [0.717, 1.165) is 19.7 Å². The summed E-state index contributed by atoms with van der Waals surface area (Å²) in [5.41, 5.74) is 0. The summed E-state index contributed by atoms with van der Waals surface area (Å²) < 4.78 is 5.89. The fraction of sp³-hybridized carbons (Fsp3) is 1.00. The summed E-state index contributed by atoms with van der Waals surface area (Å²) in [6.07, 6.45) is 11.4. The topological polar surface area (TPSA) is 24.5 Å². The molecule has 3 nitrogen and oxygen atoms in total. The predicted molar refractivity (Wildman–Crippen MR) is 76.0 cm³/mol. The molecule has 0 aromatic rings. The number of hydrogen-bond acceptors (Lipinski definition) is 3. The average Bonchev–Trinajstić information content (AvgIpc) is 2.92. The smallest absolute Gasteiger partial charge is 0.0594 e. The minimum absolute atomic E-state index is 0.560. The van der Waals surface area contributed by atoms with Gasteiger partial charge in [-0.2, -0.15) is 0 Å². The van der Waals surface area contributed by atoms with Gasteiger partial charge < -0.3 is 15.0 Å². The summed E-state index contributed by atoms with van der Waals surface area (Å²) in [6.45, 7) is 6.99. The maximum Gasteiger partial charge on any atom is 0.0594 e. The molecule has 106 valence electrons. The number of nitrogens with zero attached hydrogens (tertiary/aromatic N) is 1. The van der Waals surface area contributed by atoms with Crippen LogP contribution in [-0.4, -0.2) is 50.3 Å². The van der Waals surface area contributed by atoms with E-state index >= 15 is 0 Å². The van der Waals surface area contributed by atoms with Crippen molar-refractivity contribution in [3.05, 3.63) is 0 Å². The van der Waals surface area contributed by atoms with Crippen molar-refractivity contribution in [1.29, 1.82) is 0 Å².